The number of likely N-dealkylation sites (N-methyl/N-ethyl adjacent to an activating group) is 1. The number of amides is 2. The number of benzene rings is 2. The molecule has 0 radical (unpaired) electrons. The first-order valence-electron chi connectivity index (χ1n) is 7.74. The van der Waals surface area contributed by atoms with Crippen LogP contribution in [0.3, 0.4) is 0 Å². The zero-order valence-corrected chi connectivity index (χ0v) is 14.2. The van der Waals surface area contributed by atoms with Crippen LogP contribution in [0.1, 0.15) is 16.8 Å². The molecule has 1 aliphatic rings. The largest absolute Gasteiger partial charge is 0.478 e. The first-order valence-corrected chi connectivity index (χ1v) is 8.12. The lowest BCUT2D eigenvalue weighted by Crippen LogP contribution is -2.45. The van der Waals surface area contributed by atoms with Crippen molar-refractivity contribution in [3.05, 3.63) is 58.9 Å². The molecule has 0 saturated heterocycles. The second-order valence-corrected chi connectivity index (χ2v) is 6.02. The van der Waals surface area contributed by atoms with Crippen molar-refractivity contribution in [3.8, 4) is 5.75 Å². The summed E-state index contributed by atoms with van der Waals surface area (Å²) in [5.74, 6) is -0.904. The maximum Gasteiger partial charge on any atom is 0.267 e. The number of carbonyl (C=O) groups excluding carboxylic acids is 2. The minimum Gasteiger partial charge on any atom is -0.478 e. The lowest BCUT2D eigenvalue weighted by molar-refractivity contribution is -0.126. The van der Waals surface area contributed by atoms with Crippen LogP contribution in [0.4, 0.5) is 10.1 Å². The van der Waals surface area contributed by atoms with Gasteiger partial charge in [0.05, 0.1) is 16.3 Å². The monoisotopic (exact) mass is 362 g/mol. The Morgan fingerprint density at radius 3 is 2.80 bits per heavy atom. The molecule has 0 saturated carbocycles. The highest BCUT2D eigenvalue weighted by Gasteiger charge is 2.31. The van der Waals surface area contributed by atoms with E-state index in [1.807, 2.05) is 12.1 Å². The number of rotatable bonds is 4. The van der Waals surface area contributed by atoms with Gasteiger partial charge in [-0.15, -0.1) is 0 Å². The van der Waals surface area contributed by atoms with Gasteiger partial charge in [-0.2, -0.15) is 0 Å². The number of para-hydroxylation sites is 2. The minimum atomic E-state index is -0.712. The standard InChI is InChI=1S/C18H16ClFN2O3/c1-22-13-7-2-3-8-14(13)25-15(18(22)24)9-10-21-17(23)16-11(19)5-4-6-12(16)20/h2-8,15H,9-10H2,1H3,(H,21,23). The Hall–Kier alpha value is -2.60. The number of halogens is 2. The summed E-state index contributed by atoms with van der Waals surface area (Å²) >= 11 is 5.86. The topological polar surface area (TPSA) is 58.6 Å². The molecule has 7 heteroatoms. The maximum atomic E-state index is 13.7. The fraction of sp³-hybridized carbons (Fsp3) is 0.222. The normalized spacial score (nSPS) is 16.2. The predicted molar refractivity (Wildman–Crippen MR) is 92.6 cm³/mol. The SMILES string of the molecule is CN1C(=O)C(CCNC(=O)c2c(F)cccc2Cl)Oc2ccccc21. The fourth-order valence-corrected chi connectivity index (χ4v) is 2.92. The number of nitrogens with one attached hydrogen (secondary N) is 1. The van der Waals surface area contributed by atoms with Crippen molar-refractivity contribution in [1.29, 1.82) is 0 Å². The molecule has 1 heterocycles. The van der Waals surface area contributed by atoms with Gasteiger partial charge in [-0.1, -0.05) is 29.8 Å². The van der Waals surface area contributed by atoms with Crippen LogP contribution in [-0.4, -0.2) is 31.5 Å². The van der Waals surface area contributed by atoms with Crippen LogP contribution in [0.15, 0.2) is 42.5 Å². The second kappa shape index (κ2) is 7.11. The van der Waals surface area contributed by atoms with E-state index < -0.39 is 17.8 Å². The van der Waals surface area contributed by atoms with E-state index in [4.69, 9.17) is 16.3 Å². The summed E-state index contributed by atoms with van der Waals surface area (Å²) in [5, 5.41) is 2.61. The molecule has 0 spiro atoms. The lowest BCUT2D eigenvalue weighted by atomic mass is 10.1. The average molecular weight is 363 g/mol. The van der Waals surface area contributed by atoms with E-state index in [0.29, 0.717) is 11.4 Å². The van der Waals surface area contributed by atoms with E-state index in [1.165, 1.54) is 23.1 Å². The van der Waals surface area contributed by atoms with E-state index in [-0.39, 0.29) is 29.5 Å². The van der Waals surface area contributed by atoms with E-state index in [9.17, 15) is 14.0 Å². The van der Waals surface area contributed by atoms with E-state index >= 15 is 0 Å². The van der Waals surface area contributed by atoms with Crippen molar-refractivity contribution in [2.24, 2.45) is 0 Å². The number of fused-ring (bicyclic) bond motifs is 1. The van der Waals surface area contributed by atoms with Crippen LogP contribution < -0.4 is 15.0 Å². The Labute approximate surface area is 149 Å². The molecule has 1 atom stereocenters. The number of hydrogen-bond acceptors (Lipinski definition) is 3. The second-order valence-electron chi connectivity index (χ2n) is 5.61. The van der Waals surface area contributed by atoms with E-state index in [1.54, 1.807) is 19.2 Å². The third kappa shape index (κ3) is 3.44. The van der Waals surface area contributed by atoms with Crippen LogP contribution in [0, 0.1) is 5.82 Å². The summed E-state index contributed by atoms with van der Waals surface area (Å²) in [4.78, 5) is 26.0. The molecule has 5 nitrogen and oxygen atoms in total. The van der Waals surface area contributed by atoms with Crippen molar-refractivity contribution in [3.63, 3.8) is 0 Å². The van der Waals surface area contributed by atoms with Gasteiger partial charge in [-0.3, -0.25) is 9.59 Å². The molecule has 130 valence electrons. The van der Waals surface area contributed by atoms with Crippen LogP contribution in [-0.2, 0) is 4.79 Å². The molecule has 0 bridgehead atoms. The molecule has 1 aliphatic heterocycles. The first-order chi connectivity index (χ1) is 12.0. The Morgan fingerprint density at radius 2 is 2.04 bits per heavy atom. The maximum absolute atomic E-state index is 13.7. The summed E-state index contributed by atoms with van der Waals surface area (Å²) in [6.45, 7) is 0.149. The van der Waals surface area contributed by atoms with Gasteiger partial charge in [0.1, 0.15) is 11.6 Å². The van der Waals surface area contributed by atoms with Crippen LogP contribution in [0.25, 0.3) is 0 Å². The highest BCUT2D eigenvalue weighted by molar-refractivity contribution is 6.33. The Morgan fingerprint density at radius 1 is 1.28 bits per heavy atom. The Kier molecular flexibility index (Phi) is 4.90. The van der Waals surface area contributed by atoms with Gasteiger partial charge in [0.25, 0.3) is 11.8 Å². The third-order valence-corrected chi connectivity index (χ3v) is 4.30. The highest BCUT2D eigenvalue weighted by Crippen LogP contribution is 2.33. The number of anilines is 1. The number of nitrogens with zero attached hydrogens (tertiary/aromatic N) is 1. The number of hydrogen-bond donors (Lipinski definition) is 1. The molecule has 1 N–H and O–H groups in total. The highest BCUT2D eigenvalue weighted by atomic mass is 35.5. The molecular weight excluding hydrogens is 347 g/mol. The molecular formula is C18H16ClFN2O3. The van der Waals surface area contributed by atoms with Gasteiger partial charge >= 0.3 is 0 Å². The third-order valence-electron chi connectivity index (χ3n) is 3.98. The molecule has 25 heavy (non-hydrogen) atoms. The van der Waals surface area contributed by atoms with E-state index in [2.05, 4.69) is 5.32 Å². The van der Waals surface area contributed by atoms with Crippen molar-refractivity contribution in [2.75, 3.05) is 18.5 Å². The van der Waals surface area contributed by atoms with Gasteiger partial charge in [0.2, 0.25) is 0 Å². The number of carbonyl (C=O) groups is 2. The quantitative estimate of drug-likeness (QED) is 0.909. The van der Waals surface area contributed by atoms with Crippen LogP contribution in [0.5, 0.6) is 5.75 Å². The fourth-order valence-electron chi connectivity index (χ4n) is 2.67. The van der Waals surface area contributed by atoms with Crippen molar-refractivity contribution in [1.82, 2.24) is 5.32 Å². The molecule has 0 fully saturated rings. The van der Waals surface area contributed by atoms with Gasteiger partial charge in [0.15, 0.2) is 6.10 Å². The molecule has 2 aromatic carbocycles. The molecule has 1 unspecified atom stereocenters. The molecule has 0 aromatic heterocycles. The Bertz CT molecular complexity index is 807. The molecule has 2 aromatic rings. The van der Waals surface area contributed by atoms with Gasteiger partial charge in [-0.25, -0.2) is 4.39 Å². The summed E-state index contributed by atoms with van der Waals surface area (Å²) < 4.78 is 19.4. The summed E-state index contributed by atoms with van der Waals surface area (Å²) in [5.41, 5.74) is 0.494. The first kappa shape index (κ1) is 17.2. The molecule has 2 amide bonds. The lowest BCUT2D eigenvalue weighted by Gasteiger charge is -2.31. The smallest absolute Gasteiger partial charge is 0.267 e. The van der Waals surface area contributed by atoms with Crippen LogP contribution >= 0.6 is 11.6 Å². The summed E-state index contributed by atoms with van der Waals surface area (Å²) in [6, 6.07) is 11.3. The summed E-state index contributed by atoms with van der Waals surface area (Å²) in [6.07, 6.45) is -0.453. The van der Waals surface area contributed by atoms with Gasteiger partial charge in [-0.05, 0) is 24.3 Å². The van der Waals surface area contributed by atoms with Crippen molar-refractivity contribution < 1.29 is 18.7 Å². The van der Waals surface area contributed by atoms with Gasteiger partial charge < -0.3 is 15.0 Å². The predicted octanol–water partition coefficient (Wildman–Crippen LogP) is 3.02. The number of ether oxygens (including phenoxy) is 1. The van der Waals surface area contributed by atoms with Gasteiger partial charge in [0, 0.05) is 20.0 Å². The molecule has 3 rings (SSSR count). The minimum absolute atomic E-state index is 0.0381. The summed E-state index contributed by atoms with van der Waals surface area (Å²) in [7, 11) is 1.67. The zero-order chi connectivity index (χ0) is 18.0. The van der Waals surface area contributed by atoms with Crippen molar-refractivity contribution >= 4 is 29.1 Å². The van der Waals surface area contributed by atoms with E-state index in [0.717, 1.165) is 0 Å². The molecule has 0 aliphatic carbocycles. The average Bonchev–Trinajstić information content (AvgIpc) is 2.59. The van der Waals surface area contributed by atoms with Crippen LogP contribution in [0.2, 0.25) is 5.02 Å². The zero-order valence-electron chi connectivity index (χ0n) is 13.5. The Balaban J connectivity index is 1.63. The van der Waals surface area contributed by atoms with Crippen molar-refractivity contribution in [2.45, 2.75) is 12.5 Å².